The predicted octanol–water partition coefficient (Wildman–Crippen LogP) is 14.3. The van der Waals surface area contributed by atoms with Crippen molar-refractivity contribution in [3.63, 3.8) is 0 Å². The van der Waals surface area contributed by atoms with E-state index in [4.69, 9.17) is 178 Å². The van der Waals surface area contributed by atoms with Crippen LogP contribution in [-0.4, -0.2) is 201 Å². The van der Waals surface area contributed by atoms with Crippen LogP contribution in [0.4, 0.5) is 0 Å². The number of esters is 4. The van der Waals surface area contributed by atoms with Gasteiger partial charge in [-0.05, 0) is 191 Å². The second-order valence-electron chi connectivity index (χ2n) is 25.0. The van der Waals surface area contributed by atoms with Crippen molar-refractivity contribution in [1.29, 1.82) is 0 Å². The first-order valence-corrected chi connectivity index (χ1v) is 34.5. The maximum atomic E-state index is 14.0. The molecule has 0 spiro atoms. The molecule has 0 aromatic heterocycles. The minimum absolute atomic E-state index is 0.0145. The molecule has 16 unspecified atom stereocenters. The Morgan fingerprint density at radius 3 is 1.04 bits per heavy atom. The summed E-state index contributed by atoms with van der Waals surface area (Å²) < 4.78 is 889. The topological polar surface area (TPSA) is 296 Å². The zero-order chi connectivity index (χ0) is 174. The van der Waals surface area contributed by atoms with Gasteiger partial charge in [-0.25, -0.2) is 0 Å². The Morgan fingerprint density at radius 1 is 0.408 bits per heavy atom. The van der Waals surface area contributed by atoms with E-state index < -0.39 is 507 Å². The van der Waals surface area contributed by atoms with Gasteiger partial charge in [0.05, 0.1) is 86.9 Å². The summed E-state index contributed by atoms with van der Waals surface area (Å²) >= 11 is 0. The zero-order valence-corrected chi connectivity index (χ0v) is 65.2. The van der Waals surface area contributed by atoms with Crippen LogP contribution in [0.5, 0.6) is 46.0 Å². The largest absolute Gasteiger partial charge is 0.493 e. The summed E-state index contributed by atoms with van der Waals surface area (Å²) in [5.41, 5.74) is 16.1. The van der Waals surface area contributed by atoms with Gasteiger partial charge >= 0.3 is 23.9 Å². The van der Waals surface area contributed by atoms with Gasteiger partial charge in [-0.1, -0.05) is 110 Å². The summed E-state index contributed by atoms with van der Waals surface area (Å²) in [6.07, 6.45) is -58.8. The molecule has 24 nitrogen and oxygen atoms in total. The fraction of sp³-hybridized carbons (Fsp3) is 0.708. The second-order valence-corrected chi connectivity index (χ2v) is 25.0. The highest BCUT2D eigenvalue weighted by molar-refractivity contribution is 5.77. The third kappa shape index (κ3) is 23.8. The number of aryl methyl sites for hydroxylation is 1. The number of ether oxygens (including phenoxy) is 12. The smallest absolute Gasteiger partial charge is 0.323 e. The van der Waals surface area contributed by atoms with Gasteiger partial charge in [0.15, 0.2) is 46.0 Å². The van der Waals surface area contributed by atoms with Gasteiger partial charge in [-0.15, -0.1) is 0 Å². The minimum atomic E-state index is -4.93. The zero-order valence-electron chi connectivity index (χ0n) is 163. The quantitative estimate of drug-likeness (QED) is 0.0303. The van der Waals surface area contributed by atoms with Crippen LogP contribution in [0.1, 0.15) is 364 Å². The Bertz CT molecular complexity index is 8420. The van der Waals surface area contributed by atoms with Crippen molar-refractivity contribution >= 4 is 23.9 Å². The Balaban J connectivity index is 0.000000312. The lowest BCUT2D eigenvalue weighted by atomic mass is 9.79. The lowest BCUT2D eigenvalue weighted by Crippen LogP contribution is -2.51. The number of methoxy groups -OCH3 is 8. The maximum Gasteiger partial charge on any atom is 0.323 e. The van der Waals surface area contributed by atoms with Crippen LogP contribution < -0.4 is 60.8 Å². The SMILES string of the molecule is [2H]C1([2H])C2c3cc(OC)c(OC)cc3C([2H])([2H])C([2H])([2H])N2C([2H])([2H])C([2H])(C([2H])([2H])C([2H])(C)C([2H])([2H])[2H])C1OC(=O)[C@@]([2H])(N)C([2H])(C([2H])([2H])[2H])C([2H])([2H])[2H].[2H]c1c2c(c([2H])c(OC)c1OC([2H])([2H])[2H])C1([2H])N(CC2)C([2H])([2H])C([2H])(C([2H])([2H])C([2H])(C)C([2H])([2H])[2H])C([2H])(OC(=O)[C@@]([2H])(N)C([2H])(C([2H])([2H])[2H])C([2H])([2H])[2H])C1([2H])[2H].[2H]c1c2c(c([2H])c(OC)c1OC([2H])([2H])[2H])C1([2H])N(CC2)C([2H])([2H])C([2H])(C([2H])([2H])C([2H])(C)C([2H])([2H])[2H])C([2H])(OC(=O)[C@@]([2H])(N)C([2H])(C([2H])([2H])[2H])C([2H])([2H])[2H])C1([2H])[2H].[2H]c1c2c(c([2H])c(OC)c1OC)C1([2H])N(CC2)C([2H])([2H])C([2H])(C([2H])([2H])C([2H])(C)C([2H])([2H])[2H])C([2H])(OC(=O)[C@@]([2H])(N)C([2H])(C([2H])([2H])[2H])C([2H])([2H])[2H])C1([2H])[2H]. The third-order valence-corrected chi connectivity index (χ3v) is 16.7. The number of piperidine rings is 4. The van der Waals surface area contributed by atoms with Gasteiger partial charge < -0.3 is 79.8 Å². The molecule has 0 saturated carbocycles. The molecule has 8 N–H and O–H groups in total. The van der Waals surface area contributed by atoms with Gasteiger partial charge in [0.2, 0.25) is 0 Å². The van der Waals surface area contributed by atoms with E-state index in [2.05, 4.69) is 0 Å². The monoisotopic (exact) mass is 1770 g/mol. The summed E-state index contributed by atoms with van der Waals surface area (Å²) in [4.78, 5) is 55.7. The predicted molar refractivity (Wildman–Crippen MR) is 471 cm³/mol. The molecule has 8 aliphatic heterocycles. The normalized spacial score (nSPS) is 52.5. The molecule has 0 amide bonds. The number of nitrogens with two attached hydrogens (primary N) is 4. The molecule has 8 heterocycles. The van der Waals surface area contributed by atoms with Crippen molar-refractivity contribution in [2.45, 2.75) is 259 Å². The van der Waals surface area contributed by atoms with E-state index in [-0.39, 0.29) is 31.1 Å². The molecule has 0 aliphatic carbocycles. The van der Waals surface area contributed by atoms with Crippen molar-refractivity contribution in [3.05, 3.63) is 92.9 Å². The van der Waals surface area contributed by atoms with Gasteiger partial charge in [0, 0.05) is 229 Å². The van der Waals surface area contributed by atoms with E-state index in [1.54, 1.807) is 0 Å². The molecule has 20 atom stereocenters. The van der Waals surface area contributed by atoms with E-state index in [9.17, 15) is 54.8 Å². The number of hydrogen-bond acceptors (Lipinski definition) is 24. The molecule has 4 aromatic carbocycles. The Kier molecular flexibility index (Phi) is 10.8. The molecule has 24 heteroatoms. The summed E-state index contributed by atoms with van der Waals surface area (Å²) in [7, 11) is -0.730. The van der Waals surface area contributed by atoms with E-state index in [0.29, 0.717) is 27.7 Å². The molecular weight excluding hydrogens is 1520 g/mol. The van der Waals surface area contributed by atoms with Crippen molar-refractivity contribution in [3.8, 4) is 46.0 Å². The van der Waals surface area contributed by atoms with Gasteiger partial charge in [0.25, 0.3) is 0 Å². The molecule has 120 heavy (non-hydrogen) atoms. The fourth-order valence-electron chi connectivity index (χ4n) is 11.3. The number of nitrogens with zero attached hydrogens (tertiary/aromatic N) is 4. The van der Waals surface area contributed by atoms with E-state index in [0.717, 1.165) is 54.8 Å². The van der Waals surface area contributed by atoms with Crippen LogP contribution in [0.15, 0.2) is 48.4 Å². The van der Waals surface area contributed by atoms with E-state index in [1.807, 2.05) is 0 Å². The first-order chi connectivity index (χ1) is 95.0. The molecule has 672 valence electrons. The molecule has 12 rings (SSSR count). The average molecular weight is 1770 g/mol. The highest BCUT2D eigenvalue weighted by Crippen LogP contribution is 2.50. The number of fused-ring (bicyclic) bond motifs is 12. The molecule has 0 radical (unpaired) electrons. The lowest BCUT2D eigenvalue weighted by molar-refractivity contribution is -0.161. The van der Waals surface area contributed by atoms with Crippen LogP contribution in [0, 0.1) is 70.7 Å². The summed E-state index contributed by atoms with van der Waals surface area (Å²) in [6, 6.07) is -36.1. The van der Waals surface area contributed by atoms with Crippen LogP contribution in [0.25, 0.3) is 0 Å². The first-order valence-electron chi connectivity index (χ1n) is 83.5. The standard InChI is InChI=1S/4C24H38N2O4/c4*1-14(2)9-17-13-26-8-7-16-10-21(28-5)22(29-6)11-18(16)19(26)12-20(17)30-24(27)23(25)15(3)4/h4*10-11,14-15,17,19-20,23H,7-9,12-13,25H2,1-6H3/t4*17?,19?,20?,23-/m0000/s1/i2*1D3,3D3,4D3,5D3,9D2,10D,11D,12D2,13D2,14D,15D,17D,19D,20D,23D;1D3,3D3,4D3,9D2,10D,11D,12D2,13D2,14D,15D,17D,19D,20D,23D;1D3,3D3,4D3,7D2,8D2,9D2,12D2,13D2,14D,15D,17D,23D/t4*14?,17?,19?,20?,23-. The number of rotatable bonds is 28. The third-order valence-electron chi connectivity index (χ3n) is 16.7. The summed E-state index contributed by atoms with van der Waals surface area (Å²) in [6.45, 7) is -71.7. The highest BCUT2D eigenvalue weighted by atomic mass is 16.6. The molecule has 4 aromatic rings. The molecular formula is C96H152N8O16. The molecule has 8 aliphatic rings. The first kappa shape index (κ1) is 29.5. The Labute approximate surface area is 856 Å². The van der Waals surface area contributed by atoms with Gasteiger partial charge in [0.1, 0.15) is 48.4 Å². The Hall–Kier alpha value is -7.16. The van der Waals surface area contributed by atoms with Crippen LogP contribution in [0.2, 0.25) is 0 Å². The van der Waals surface area contributed by atoms with Crippen molar-refractivity contribution < 1.29 is 210 Å². The fourth-order valence-corrected chi connectivity index (χ4v) is 11.3. The van der Waals surface area contributed by atoms with E-state index >= 15 is 0 Å². The molecule has 0 bridgehead atoms. The minimum Gasteiger partial charge on any atom is -0.493 e. The lowest BCUT2D eigenvalue weighted by Gasteiger charge is -2.47. The van der Waals surface area contributed by atoms with Crippen molar-refractivity contribution in [2.24, 2.45) is 93.7 Å². The molecule has 4 fully saturated rings. The second kappa shape index (κ2) is 43.9. The van der Waals surface area contributed by atoms with Gasteiger partial charge in [-0.3, -0.25) is 38.8 Å². The van der Waals surface area contributed by atoms with Crippen LogP contribution >= 0.6 is 0 Å². The van der Waals surface area contributed by atoms with Crippen LogP contribution in [-0.2, 0) is 63.8 Å². The summed E-state index contributed by atoms with van der Waals surface area (Å²) in [5.74, 6) is -67.9. The van der Waals surface area contributed by atoms with E-state index in [1.165, 1.54) is 0 Å². The van der Waals surface area contributed by atoms with Crippen LogP contribution in [0.3, 0.4) is 0 Å². The number of hydrogen-bond donors (Lipinski definition) is 4. The Morgan fingerprint density at radius 2 is 0.717 bits per heavy atom. The summed E-state index contributed by atoms with van der Waals surface area (Å²) in [5, 5.41) is 0. The van der Waals surface area contributed by atoms with Gasteiger partial charge in [-0.2, -0.15) is 0 Å². The number of carbonyl (C=O) groups excluding carboxylic acids is 4. The van der Waals surface area contributed by atoms with Crippen molar-refractivity contribution in [1.82, 2.24) is 19.6 Å². The number of carbonyl (C=O) groups is 4. The highest BCUT2D eigenvalue weighted by Gasteiger charge is 2.47. The average Bonchev–Trinajstić information content (AvgIpc) is 0.636. The number of benzene rings is 4. The maximum absolute atomic E-state index is 14.0. The van der Waals surface area contributed by atoms with Crippen molar-refractivity contribution in [2.75, 3.05) is 109 Å². The molecule has 4 saturated heterocycles.